The minimum Gasteiger partial charge on any atom is -0.396 e. The lowest BCUT2D eigenvalue weighted by molar-refractivity contribution is 0.286. The highest BCUT2D eigenvalue weighted by Gasteiger charge is 2.21. The number of aliphatic hydroxyl groups is 1. The molecule has 1 N–H and O–H groups in total. The summed E-state index contributed by atoms with van der Waals surface area (Å²) in [6.07, 6.45) is 6.63. The third-order valence-electron chi connectivity index (χ3n) is 3.02. The van der Waals surface area contributed by atoms with Crippen molar-refractivity contribution in [1.82, 2.24) is 4.31 Å². The maximum absolute atomic E-state index is 12.0. The Morgan fingerprint density at radius 2 is 1.50 bits per heavy atom. The first kappa shape index (κ1) is 13.9. The number of hydrogen-bond donors (Lipinski definition) is 1. The monoisotopic (exact) mass is 249 g/mol. The van der Waals surface area contributed by atoms with E-state index in [0.717, 1.165) is 25.7 Å². The summed E-state index contributed by atoms with van der Waals surface area (Å²) in [4.78, 5) is 0. The smallest absolute Gasteiger partial charge is 0.214 e. The molecule has 16 heavy (non-hydrogen) atoms. The largest absolute Gasteiger partial charge is 0.396 e. The Morgan fingerprint density at radius 1 is 0.938 bits per heavy atom. The molecule has 1 heterocycles. The molecule has 0 aliphatic carbocycles. The van der Waals surface area contributed by atoms with E-state index in [0.29, 0.717) is 25.9 Å². The van der Waals surface area contributed by atoms with Gasteiger partial charge in [0.05, 0.1) is 5.75 Å². The fourth-order valence-electron chi connectivity index (χ4n) is 2.02. The van der Waals surface area contributed by atoms with Gasteiger partial charge in [-0.05, 0) is 25.7 Å². The van der Waals surface area contributed by atoms with E-state index in [1.165, 1.54) is 6.42 Å². The highest BCUT2D eigenvalue weighted by atomic mass is 32.2. The highest BCUT2D eigenvalue weighted by molar-refractivity contribution is 7.89. The van der Waals surface area contributed by atoms with Crippen LogP contribution in [-0.2, 0) is 10.0 Å². The lowest BCUT2D eigenvalue weighted by Crippen LogP contribution is -2.35. The van der Waals surface area contributed by atoms with Crippen LogP contribution in [0.3, 0.4) is 0 Å². The summed E-state index contributed by atoms with van der Waals surface area (Å²) < 4.78 is 25.6. The Labute approximate surface area is 98.7 Å². The first-order valence-corrected chi connectivity index (χ1v) is 7.86. The summed E-state index contributed by atoms with van der Waals surface area (Å²) in [6.45, 7) is 1.44. The number of hydrogen-bond acceptors (Lipinski definition) is 3. The maximum atomic E-state index is 12.0. The van der Waals surface area contributed by atoms with Crippen molar-refractivity contribution in [3.8, 4) is 0 Å². The predicted molar refractivity (Wildman–Crippen MR) is 64.8 cm³/mol. The Bertz CT molecular complexity index is 269. The van der Waals surface area contributed by atoms with Crippen molar-refractivity contribution in [2.45, 2.75) is 44.9 Å². The van der Waals surface area contributed by atoms with Crippen LogP contribution in [0, 0.1) is 0 Å². The van der Waals surface area contributed by atoms with Gasteiger partial charge in [0, 0.05) is 19.7 Å². The van der Waals surface area contributed by atoms with E-state index >= 15 is 0 Å². The minimum atomic E-state index is -3.07. The zero-order chi connectivity index (χ0) is 11.9. The molecule has 0 saturated carbocycles. The van der Waals surface area contributed by atoms with E-state index in [4.69, 9.17) is 5.11 Å². The second kappa shape index (κ2) is 7.25. The Kier molecular flexibility index (Phi) is 6.31. The number of aliphatic hydroxyl groups excluding tert-OH is 1. The molecule has 5 heteroatoms. The van der Waals surface area contributed by atoms with E-state index in [1.807, 2.05) is 0 Å². The van der Waals surface area contributed by atoms with Gasteiger partial charge in [0.25, 0.3) is 0 Å². The van der Waals surface area contributed by atoms with Crippen LogP contribution in [-0.4, -0.2) is 43.3 Å². The van der Waals surface area contributed by atoms with Gasteiger partial charge in [-0.25, -0.2) is 12.7 Å². The molecule has 0 aromatic carbocycles. The first-order chi connectivity index (χ1) is 7.67. The topological polar surface area (TPSA) is 57.6 Å². The van der Waals surface area contributed by atoms with Crippen LogP contribution in [0.4, 0.5) is 0 Å². The summed E-state index contributed by atoms with van der Waals surface area (Å²) in [5.41, 5.74) is 0. The number of sulfonamides is 1. The lowest BCUT2D eigenvalue weighted by Gasteiger charge is -2.24. The summed E-state index contributed by atoms with van der Waals surface area (Å²) >= 11 is 0. The highest BCUT2D eigenvalue weighted by Crippen LogP contribution is 2.14. The maximum Gasteiger partial charge on any atom is 0.214 e. The molecule has 1 rings (SSSR count). The van der Waals surface area contributed by atoms with E-state index in [-0.39, 0.29) is 12.4 Å². The molecule has 1 aliphatic heterocycles. The second-order valence-electron chi connectivity index (χ2n) is 4.41. The van der Waals surface area contributed by atoms with Crippen LogP contribution in [0.2, 0.25) is 0 Å². The van der Waals surface area contributed by atoms with Gasteiger partial charge in [0.2, 0.25) is 10.0 Å². The third kappa shape index (κ3) is 4.80. The van der Waals surface area contributed by atoms with E-state index in [1.54, 1.807) is 4.31 Å². The Morgan fingerprint density at radius 3 is 2.06 bits per heavy atom. The van der Waals surface area contributed by atoms with Gasteiger partial charge >= 0.3 is 0 Å². The first-order valence-electron chi connectivity index (χ1n) is 6.25. The van der Waals surface area contributed by atoms with Crippen LogP contribution in [0.1, 0.15) is 44.9 Å². The molecule has 1 fully saturated rings. The summed E-state index contributed by atoms with van der Waals surface area (Å²) in [6, 6.07) is 0. The van der Waals surface area contributed by atoms with E-state index in [9.17, 15) is 8.42 Å². The fraction of sp³-hybridized carbons (Fsp3) is 1.00. The van der Waals surface area contributed by atoms with Crippen molar-refractivity contribution in [3.63, 3.8) is 0 Å². The van der Waals surface area contributed by atoms with Crippen LogP contribution in [0.5, 0.6) is 0 Å². The molecule has 0 aromatic heterocycles. The molecule has 4 nitrogen and oxygen atoms in total. The van der Waals surface area contributed by atoms with Crippen molar-refractivity contribution in [2.75, 3.05) is 25.4 Å². The Hall–Kier alpha value is -0.130. The van der Waals surface area contributed by atoms with E-state index < -0.39 is 10.0 Å². The van der Waals surface area contributed by atoms with Crippen LogP contribution in [0.25, 0.3) is 0 Å². The third-order valence-corrected chi connectivity index (χ3v) is 4.98. The number of nitrogens with zero attached hydrogens (tertiary/aromatic N) is 1. The van der Waals surface area contributed by atoms with Crippen molar-refractivity contribution in [2.24, 2.45) is 0 Å². The van der Waals surface area contributed by atoms with Crippen LogP contribution >= 0.6 is 0 Å². The molecule has 0 radical (unpaired) electrons. The van der Waals surface area contributed by atoms with Gasteiger partial charge in [-0.3, -0.25) is 0 Å². The molecule has 0 spiro atoms. The Balaban J connectivity index is 2.44. The zero-order valence-electron chi connectivity index (χ0n) is 9.90. The summed E-state index contributed by atoms with van der Waals surface area (Å²) in [7, 11) is -3.07. The SMILES string of the molecule is O=S(=O)(CCCCO)N1CCCCCCC1. The van der Waals surface area contributed by atoms with Crippen molar-refractivity contribution < 1.29 is 13.5 Å². The molecule has 0 atom stereocenters. The van der Waals surface area contributed by atoms with Crippen LogP contribution < -0.4 is 0 Å². The van der Waals surface area contributed by atoms with Gasteiger partial charge in [0.15, 0.2) is 0 Å². The zero-order valence-corrected chi connectivity index (χ0v) is 10.7. The normalized spacial score (nSPS) is 20.3. The van der Waals surface area contributed by atoms with Crippen LogP contribution in [0.15, 0.2) is 0 Å². The molecule has 1 saturated heterocycles. The molecule has 96 valence electrons. The summed E-state index contributed by atoms with van der Waals surface area (Å²) in [5.74, 6) is 0.188. The quantitative estimate of drug-likeness (QED) is 0.748. The fourth-order valence-corrected chi connectivity index (χ4v) is 3.66. The number of rotatable bonds is 5. The van der Waals surface area contributed by atoms with Gasteiger partial charge in [-0.1, -0.05) is 19.3 Å². The van der Waals surface area contributed by atoms with Gasteiger partial charge in [-0.2, -0.15) is 0 Å². The van der Waals surface area contributed by atoms with Gasteiger partial charge in [-0.15, -0.1) is 0 Å². The molecule has 0 bridgehead atoms. The van der Waals surface area contributed by atoms with Crippen molar-refractivity contribution >= 4 is 10.0 Å². The number of unbranched alkanes of at least 4 members (excludes halogenated alkanes) is 1. The second-order valence-corrected chi connectivity index (χ2v) is 6.50. The van der Waals surface area contributed by atoms with Crippen molar-refractivity contribution in [1.29, 1.82) is 0 Å². The van der Waals surface area contributed by atoms with Gasteiger partial charge in [0.1, 0.15) is 0 Å². The molecule has 0 unspecified atom stereocenters. The molecule has 0 amide bonds. The molecule has 0 aromatic rings. The minimum absolute atomic E-state index is 0.0789. The van der Waals surface area contributed by atoms with Crippen molar-refractivity contribution in [3.05, 3.63) is 0 Å². The lowest BCUT2D eigenvalue weighted by atomic mass is 10.1. The molecular formula is C11H23NO3S. The average Bonchev–Trinajstić information content (AvgIpc) is 2.16. The van der Waals surface area contributed by atoms with E-state index in [2.05, 4.69) is 0 Å². The molecule has 1 aliphatic rings. The average molecular weight is 249 g/mol. The predicted octanol–water partition coefficient (Wildman–Crippen LogP) is 1.35. The standard InChI is InChI=1S/C11H23NO3S/c13-10-6-7-11-16(14,15)12-8-4-2-1-3-5-9-12/h13H,1-11H2. The molecular weight excluding hydrogens is 226 g/mol. The van der Waals surface area contributed by atoms with Gasteiger partial charge < -0.3 is 5.11 Å². The summed E-state index contributed by atoms with van der Waals surface area (Å²) in [5, 5.41) is 8.65.